The van der Waals surface area contributed by atoms with Crippen molar-refractivity contribution in [3.05, 3.63) is 24.0 Å². The molecule has 0 aromatic carbocycles. The molecular formula is C10H15NO2. The van der Waals surface area contributed by atoms with Crippen molar-refractivity contribution < 1.29 is 9.84 Å². The highest BCUT2D eigenvalue weighted by molar-refractivity contribution is 5.30. The smallest absolute Gasteiger partial charge is 0.125 e. The zero-order valence-corrected chi connectivity index (χ0v) is 8.24. The number of rotatable bonds is 3. The minimum atomic E-state index is -0.726. The van der Waals surface area contributed by atoms with Crippen molar-refractivity contribution in [2.45, 2.75) is 25.9 Å². The summed E-state index contributed by atoms with van der Waals surface area (Å²) in [7, 11) is 1.61. The Kier molecular flexibility index (Phi) is 2.88. The van der Waals surface area contributed by atoms with Crippen LogP contribution in [-0.2, 0) is 6.42 Å². The summed E-state index contributed by atoms with van der Waals surface area (Å²) in [6.45, 7) is 3.53. The lowest BCUT2D eigenvalue weighted by molar-refractivity contribution is 0.0802. The molecule has 1 heterocycles. The molecule has 0 aliphatic heterocycles. The van der Waals surface area contributed by atoms with Crippen LogP contribution in [0.1, 0.15) is 19.4 Å². The monoisotopic (exact) mass is 181 g/mol. The maximum Gasteiger partial charge on any atom is 0.125 e. The fraction of sp³-hybridized carbons (Fsp3) is 0.500. The Morgan fingerprint density at radius 2 is 2.23 bits per heavy atom. The van der Waals surface area contributed by atoms with Gasteiger partial charge in [0.1, 0.15) is 5.75 Å². The average molecular weight is 181 g/mol. The first-order chi connectivity index (χ1) is 6.03. The lowest BCUT2D eigenvalue weighted by Crippen LogP contribution is -2.22. The van der Waals surface area contributed by atoms with Crippen LogP contribution < -0.4 is 4.74 Å². The van der Waals surface area contributed by atoms with Gasteiger partial charge in [-0.3, -0.25) is 4.98 Å². The van der Waals surface area contributed by atoms with E-state index in [1.165, 1.54) is 0 Å². The summed E-state index contributed by atoms with van der Waals surface area (Å²) in [4.78, 5) is 3.99. The molecule has 0 aliphatic rings. The number of ether oxygens (including phenoxy) is 1. The van der Waals surface area contributed by atoms with Crippen LogP contribution in [0.3, 0.4) is 0 Å². The molecule has 1 aromatic rings. The topological polar surface area (TPSA) is 42.4 Å². The molecule has 1 N–H and O–H groups in total. The van der Waals surface area contributed by atoms with E-state index in [9.17, 15) is 5.11 Å². The van der Waals surface area contributed by atoms with E-state index < -0.39 is 5.60 Å². The summed E-state index contributed by atoms with van der Waals surface area (Å²) in [6, 6.07) is 1.79. The van der Waals surface area contributed by atoms with Crippen molar-refractivity contribution in [2.75, 3.05) is 7.11 Å². The molecule has 72 valence electrons. The fourth-order valence-corrected chi connectivity index (χ4v) is 1.21. The van der Waals surface area contributed by atoms with Gasteiger partial charge < -0.3 is 9.84 Å². The quantitative estimate of drug-likeness (QED) is 0.766. The number of methoxy groups -OCH3 is 1. The first-order valence-electron chi connectivity index (χ1n) is 4.22. The van der Waals surface area contributed by atoms with Gasteiger partial charge in [0.15, 0.2) is 0 Å². The Morgan fingerprint density at radius 3 is 2.77 bits per heavy atom. The SMILES string of the molecule is COc1ccncc1CC(C)(C)O. The minimum Gasteiger partial charge on any atom is -0.496 e. The summed E-state index contributed by atoms with van der Waals surface area (Å²) in [6.07, 6.45) is 3.94. The molecule has 0 amide bonds. The lowest BCUT2D eigenvalue weighted by Gasteiger charge is -2.18. The van der Waals surface area contributed by atoms with E-state index in [1.54, 1.807) is 39.4 Å². The molecule has 0 fully saturated rings. The third-order valence-electron chi connectivity index (χ3n) is 1.70. The van der Waals surface area contributed by atoms with Gasteiger partial charge in [0.25, 0.3) is 0 Å². The van der Waals surface area contributed by atoms with Gasteiger partial charge in [-0.2, -0.15) is 0 Å². The largest absolute Gasteiger partial charge is 0.496 e. The van der Waals surface area contributed by atoms with Gasteiger partial charge in [-0.1, -0.05) is 0 Å². The first-order valence-corrected chi connectivity index (χ1v) is 4.22. The Balaban J connectivity index is 2.87. The van der Waals surface area contributed by atoms with Crippen LogP contribution in [0, 0.1) is 0 Å². The standard InChI is InChI=1S/C10H15NO2/c1-10(2,12)6-8-7-11-5-4-9(8)13-3/h4-5,7,12H,6H2,1-3H3. The maximum absolute atomic E-state index is 9.61. The number of pyridine rings is 1. The summed E-state index contributed by atoms with van der Waals surface area (Å²) in [5, 5.41) is 9.61. The van der Waals surface area contributed by atoms with Crippen molar-refractivity contribution in [1.82, 2.24) is 4.98 Å². The van der Waals surface area contributed by atoms with E-state index in [4.69, 9.17) is 4.74 Å². The molecule has 0 radical (unpaired) electrons. The molecule has 0 saturated carbocycles. The maximum atomic E-state index is 9.61. The molecule has 0 aliphatic carbocycles. The molecule has 0 atom stereocenters. The second-order valence-electron chi connectivity index (χ2n) is 3.68. The van der Waals surface area contributed by atoms with Gasteiger partial charge >= 0.3 is 0 Å². The zero-order chi connectivity index (χ0) is 9.90. The molecule has 0 unspecified atom stereocenters. The van der Waals surface area contributed by atoms with Crippen LogP contribution in [0.25, 0.3) is 0 Å². The van der Waals surface area contributed by atoms with Crippen LogP contribution in [-0.4, -0.2) is 22.8 Å². The van der Waals surface area contributed by atoms with Gasteiger partial charge in [0.05, 0.1) is 12.7 Å². The number of hydrogen-bond acceptors (Lipinski definition) is 3. The molecule has 3 heteroatoms. The molecule has 0 spiro atoms. The molecule has 0 saturated heterocycles. The molecule has 0 bridgehead atoms. The minimum absolute atomic E-state index is 0.546. The second-order valence-corrected chi connectivity index (χ2v) is 3.68. The summed E-state index contributed by atoms with van der Waals surface area (Å²) in [5.74, 6) is 0.775. The van der Waals surface area contributed by atoms with Crippen LogP contribution in [0.15, 0.2) is 18.5 Å². The normalized spacial score (nSPS) is 11.4. The van der Waals surface area contributed by atoms with Crippen molar-refractivity contribution in [3.8, 4) is 5.75 Å². The van der Waals surface area contributed by atoms with Crippen molar-refractivity contribution in [3.63, 3.8) is 0 Å². The third-order valence-corrected chi connectivity index (χ3v) is 1.70. The van der Waals surface area contributed by atoms with Crippen LogP contribution in [0.2, 0.25) is 0 Å². The van der Waals surface area contributed by atoms with E-state index in [0.717, 1.165) is 11.3 Å². The average Bonchev–Trinajstić information content (AvgIpc) is 2.02. The van der Waals surface area contributed by atoms with Crippen molar-refractivity contribution in [1.29, 1.82) is 0 Å². The molecular weight excluding hydrogens is 166 g/mol. The van der Waals surface area contributed by atoms with Crippen LogP contribution in [0.4, 0.5) is 0 Å². The molecule has 3 nitrogen and oxygen atoms in total. The zero-order valence-electron chi connectivity index (χ0n) is 8.24. The van der Waals surface area contributed by atoms with Gasteiger partial charge in [-0.05, 0) is 19.9 Å². The van der Waals surface area contributed by atoms with E-state index in [0.29, 0.717) is 6.42 Å². The molecule has 13 heavy (non-hydrogen) atoms. The highest BCUT2D eigenvalue weighted by atomic mass is 16.5. The summed E-state index contributed by atoms with van der Waals surface area (Å²) >= 11 is 0. The number of nitrogens with zero attached hydrogens (tertiary/aromatic N) is 1. The van der Waals surface area contributed by atoms with Gasteiger partial charge in [0.2, 0.25) is 0 Å². The van der Waals surface area contributed by atoms with E-state index in [2.05, 4.69) is 4.98 Å². The van der Waals surface area contributed by atoms with E-state index in [-0.39, 0.29) is 0 Å². The summed E-state index contributed by atoms with van der Waals surface area (Å²) < 4.78 is 5.14. The van der Waals surface area contributed by atoms with Gasteiger partial charge in [-0.25, -0.2) is 0 Å². The number of aromatic nitrogens is 1. The van der Waals surface area contributed by atoms with Gasteiger partial charge in [0, 0.05) is 24.4 Å². The van der Waals surface area contributed by atoms with E-state index in [1.807, 2.05) is 0 Å². The Hall–Kier alpha value is -1.09. The third kappa shape index (κ3) is 3.03. The van der Waals surface area contributed by atoms with Crippen molar-refractivity contribution >= 4 is 0 Å². The Bertz CT molecular complexity index is 278. The molecule has 1 aromatic heterocycles. The predicted octanol–water partition coefficient (Wildman–Crippen LogP) is 1.40. The van der Waals surface area contributed by atoms with Crippen LogP contribution in [0.5, 0.6) is 5.75 Å². The first kappa shape index (κ1) is 9.99. The Labute approximate surface area is 78.4 Å². The van der Waals surface area contributed by atoms with E-state index >= 15 is 0 Å². The molecule has 1 rings (SSSR count). The fourth-order valence-electron chi connectivity index (χ4n) is 1.21. The van der Waals surface area contributed by atoms with Crippen LogP contribution >= 0.6 is 0 Å². The summed E-state index contributed by atoms with van der Waals surface area (Å²) in [5.41, 5.74) is 0.202. The van der Waals surface area contributed by atoms with Crippen molar-refractivity contribution in [2.24, 2.45) is 0 Å². The Morgan fingerprint density at radius 1 is 1.54 bits per heavy atom. The number of aliphatic hydroxyl groups is 1. The van der Waals surface area contributed by atoms with Gasteiger partial charge in [-0.15, -0.1) is 0 Å². The highest BCUT2D eigenvalue weighted by Gasteiger charge is 2.16. The second kappa shape index (κ2) is 3.75. The predicted molar refractivity (Wildman–Crippen MR) is 50.8 cm³/mol. The lowest BCUT2D eigenvalue weighted by atomic mass is 9.99. The number of hydrogen-bond donors (Lipinski definition) is 1. The highest BCUT2D eigenvalue weighted by Crippen LogP contribution is 2.21.